The van der Waals surface area contributed by atoms with E-state index in [1.807, 2.05) is 0 Å². The van der Waals surface area contributed by atoms with Crippen molar-refractivity contribution in [1.82, 2.24) is 9.78 Å². The molecule has 0 bridgehead atoms. The number of alkyl halides is 3. The summed E-state index contributed by atoms with van der Waals surface area (Å²) in [5.74, 6) is 0.801. The van der Waals surface area contributed by atoms with Gasteiger partial charge in [0, 0.05) is 29.6 Å². The molecule has 0 radical (unpaired) electrons. The van der Waals surface area contributed by atoms with Gasteiger partial charge in [0.2, 0.25) is 5.44 Å². The Morgan fingerprint density at radius 1 is 1.03 bits per heavy atom. The molecule has 0 aliphatic carbocycles. The number of sulfone groups is 1. The Bertz CT molecular complexity index is 1310. The maximum absolute atomic E-state index is 12.8. The molecule has 0 aliphatic rings. The molecule has 166 valence electrons. The normalized spacial score (nSPS) is 13.1. The van der Waals surface area contributed by atoms with Gasteiger partial charge in [-0.15, -0.1) is 0 Å². The van der Waals surface area contributed by atoms with Crippen molar-refractivity contribution in [2.24, 2.45) is 0 Å². The van der Waals surface area contributed by atoms with Crippen molar-refractivity contribution in [1.29, 1.82) is 0 Å². The van der Waals surface area contributed by atoms with Crippen LogP contribution in [0.1, 0.15) is 16.7 Å². The lowest BCUT2D eigenvalue weighted by Gasteiger charge is -2.18. The van der Waals surface area contributed by atoms with Gasteiger partial charge in [0.05, 0.1) is 12.0 Å². The Morgan fingerprint density at radius 2 is 1.78 bits per heavy atom. The molecule has 0 N–H and O–H groups in total. The summed E-state index contributed by atoms with van der Waals surface area (Å²) in [5, 5.41) is 3.52. The van der Waals surface area contributed by atoms with Crippen LogP contribution in [0.2, 0.25) is 0 Å². The molecular formula is C22H17F3N2O4S. The van der Waals surface area contributed by atoms with Gasteiger partial charge in [0.1, 0.15) is 11.5 Å². The van der Waals surface area contributed by atoms with Gasteiger partial charge in [-0.25, -0.2) is 13.1 Å². The zero-order valence-electron chi connectivity index (χ0n) is 16.7. The van der Waals surface area contributed by atoms with Crippen molar-refractivity contribution >= 4 is 9.84 Å². The minimum atomic E-state index is -4.57. The fourth-order valence-electron chi connectivity index (χ4n) is 3.09. The Hall–Kier alpha value is -3.53. The minimum Gasteiger partial charge on any atom is -0.470 e. The summed E-state index contributed by atoms with van der Waals surface area (Å²) in [6.07, 6.45) is -0.813. The second kappa shape index (κ2) is 8.19. The zero-order chi connectivity index (χ0) is 22.9. The van der Waals surface area contributed by atoms with Crippen molar-refractivity contribution < 1.29 is 30.7 Å². The highest BCUT2D eigenvalue weighted by atomic mass is 32.2. The molecule has 0 saturated carbocycles. The molecule has 2 heterocycles. The maximum Gasteiger partial charge on any atom is 0.435 e. The fraction of sp³-hybridized carbons (Fsp3) is 0.136. The molecule has 0 spiro atoms. The van der Waals surface area contributed by atoms with Crippen molar-refractivity contribution in [3.8, 4) is 22.8 Å². The summed E-state index contributed by atoms with van der Waals surface area (Å²) in [4.78, 5) is 0. The van der Waals surface area contributed by atoms with Gasteiger partial charge in [0.15, 0.2) is 15.5 Å². The lowest BCUT2D eigenvalue weighted by molar-refractivity contribution is -0.141. The van der Waals surface area contributed by atoms with Crippen LogP contribution in [-0.4, -0.2) is 24.5 Å². The highest BCUT2D eigenvalue weighted by molar-refractivity contribution is 7.90. The number of hydrogen-bond acceptors (Lipinski definition) is 5. The minimum absolute atomic E-state index is 0.164. The summed E-state index contributed by atoms with van der Waals surface area (Å²) in [6, 6.07) is 17.1. The van der Waals surface area contributed by atoms with Crippen LogP contribution in [0.25, 0.3) is 17.0 Å². The van der Waals surface area contributed by atoms with E-state index >= 15 is 0 Å². The van der Waals surface area contributed by atoms with E-state index < -0.39 is 27.1 Å². The van der Waals surface area contributed by atoms with Gasteiger partial charge < -0.3 is 9.15 Å². The maximum atomic E-state index is 12.8. The third-order valence-electron chi connectivity index (χ3n) is 4.58. The molecule has 1 unspecified atom stereocenters. The molecule has 1 atom stereocenters. The van der Waals surface area contributed by atoms with E-state index in [1.54, 1.807) is 42.5 Å². The SMILES string of the molecule is CS(=O)(=O)C(Oc1cccc(-n2ccc(C(F)(F)F)n2)c1)c1ccc(-c2ccco2)cc1. The first-order chi connectivity index (χ1) is 15.1. The van der Waals surface area contributed by atoms with Crippen molar-refractivity contribution in [2.45, 2.75) is 11.6 Å². The van der Waals surface area contributed by atoms with Gasteiger partial charge >= 0.3 is 6.18 Å². The fourth-order valence-corrected chi connectivity index (χ4v) is 4.03. The van der Waals surface area contributed by atoms with Crippen molar-refractivity contribution in [3.63, 3.8) is 0 Å². The number of halogens is 3. The Balaban J connectivity index is 1.62. The number of hydrogen-bond donors (Lipinski definition) is 0. The number of benzene rings is 2. The van der Waals surface area contributed by atoms with E-state index in [4.69, 9.17) is 9.15 Å². The van der Waals surface area contributed by atoms with E-state index in [1.165, 1.54) is 30.7 Å². The molecule has 32 heavy (non-hydrogen) atoms. The first-order valence-corrected chi connectivity index (χ1v) is 11.3. The molecule has 6 nitrogen and oxygen atoms in total. The van der Waals surface area contributed by atoms with E-state index in [2.05, 4.69) is 5.10 Å². The molecule has 0 aliphatic heterocycles. The highest BCUT2D eigenvalue weighted by Gasteiger charge is 2.33. The number of ether oxygens (including phenoxy) is 1. The van der Waals surface area contributed by atoms with Crippen LogP contribution in [-0.2, 0) is 16.0 Å². The Morgan fingerprint density at radius 3 is 2.38 bits per heavy atom. The summed E-state index contributed by atoms with van der Waals surface area (Å²) in [5.41, 5.74) is -0.890. The second-order valence-corrected chi connectivity index (χ2v) is 9.11. The first-order valence-electron chi connectivity index (χ1n) is 9.34. The van der Waals surface area contributed by atoms with E-state index in [0.717, 1.165) is 22.6 Å². The van der Waals surface area contributed by atoms with Gasteiger partial charge in [-0.2, -0.15) is 18.3 Å². The highest BCUT2D eigenvalue weighted by Crippen LogP contribution is 2.31. The van der Waals surface area contributed by atoms with Crippen LogP contribution in [0.4, 0.5) is 13.2 Å². The molecular weight excluding hydrogens is 445 g/mol. The predicted octanol–water partition coefficient (Wildman–Crippen LogP) is 5.27. The first kappa shape index (κ1) is 21.7. The number of furan rings is 1. The molecule has 0 amide bonds. The Kier molecular flexibility index (Phi) is 5.55. The van der Waals surface area contributed by atoms with Gasteiger partial charge in [-0.05, 0) is 30.3 Å². The third kappa shape index (κ3) is 4.70. The van der Waals surface area contributed by atoms with Crippen LogP contribution in [0.5, 0.6) is 5.75 Å². The number of aromatic nitrogens is 2. The Labute approximate surface area is 181 Å². The van der Waals surface area contributed by atoms with E-state index in [-0.39, 0.29) is 5.75 Å². The van der Waals surface area contributed by atoms with Crippen molar-refractivity contribution in [3.05, 3.63) is 90.4 Å². The molecule has 10 heteroatoms. The largest absolute Gasteiger partial charge is 0.470 e. The van der Waals surface area contributed by atoms with Crippen LogP contribution in [0.15, 0.2) is 83.6 Å². The molecule has 4 rings (SSSR count). The lowest BCUT2D eigenvalue weighted by Crippen LogP contribution is -2.18. The summed E-state index contributed by atoms with van der Waals surface area (Å²) in [7, 11) is -3.69. The molecule has 2 aromatic carbocycles. The standard InChI is InChI=1S/C22H17F3N2O4S/c1-32(28,29)21(16-9-7-15(8-10-16)19-6-3-13-30-19)31-18-5-2-4-17(14-18)27-12-11-20(26-27)22(23,24)25/h2-14,21H,1H3. The summed E-state index contributed by atoms with van der Waals surface area (Å²) in [6.45, 7) is 0. The second-order valence-electron chi connectivity index (χ2n) is 7.02. The topological polar surface area (TPSA) is 74.3 Å². The van der Waals surface area contributed by atoms with Crippen LogP contribution in [0, 0.1) is 0 Å². The molecule has 4 aromatic rings. The number of nitrogens with zero attached hydrogens (tertiary/aromatic N) is 2. The average Bonchev–Trinajstić information content (AvgIpc) is 3.43. The van der Waals surface area contributed by atoms with E-state index in [0.29, 0.717) is 17.0 Å². The average molecular weight is 462 g/mol. The molecule has 0 saturated heterocycles. The number of rotatable bonds is 6. The van der Waals surface area contributed by atoms with E-state index in [9.17, 15) is 21.6 Å². The molecule has 0 fully saturated rings. The zero-order valence-corrected chi connectivity index (χ0v) is 17.5. The van der Waals surface area contributed by atoms with Crippen LogP contribution < -0.4 is 4.74 Å². The van der Waals surface area contributed by atoms with Gasteiger partial charge in [-0.3, -0.25) is 0 Å². The quantitative estimate of drug-likeness (QED) is 0.390. The molecule has 2 aromatic heterocycles. The monoisotopic (exact) mass is 462 g/mol. The summed E-state index contributed by atoms with van der Waals surface area (Å²) >= 11 is 0. The van der Waals surface area contributed by atoms with Crippen LogP contribution >= 0.6 is 0 Å². The lowest BCUT2D eigenvalue weighted by atomic mass is 10.1. The van der Waals surface area contributed by atoms with Gasteiger partial charge in [-0.1, -0.05) is 30.3 Å². The van der Waals surface area contributed by atoms with Gasteiger partial charge in [0.25, 0.3) is 0 Å². The predicted molar refractivity (Wildman–Crippen MR) is 111 cm³/mol. The third-order valence-corrected chi connectivity index (χ3v) is 5.73. The summed E-state index contributed by atoms with van der Waals surface area (Å²) < 4.78 is 75.5. The van der Waals surface area contributed by atoms with Crippen molar-refractivity contribution in [2.75, 3.05) is 6.26 Å². The smallest absolute Gasteiger partial charge is 0.435 e. The van der Waals surface area contributed by atoms with Crippen LogP contribution in [0.3, 0.4) is 0 Å².